The number of rotatable bonds is 6. The smallest absolute Gasteiger partial charge is 0.254 e. The number of anilines is 1. The minimum absolute atomic E-state index is 0.0338. The molecule has 0 atom stereocenters. The first-order valence-electron chi connectivity index (χ1n) is 8.11. The number of ketones is 1. The molecule has 0 bridgehead atoms. The van der Waals surface area contributed by atoms with E-state index in [-0.39, 0.29) is 24.3 Å². The molecule has 1 aliphatic heterocycles. The van der Waals surface area contributed by atoms with Gasteiger partial charge in [-0.2, -0.15) is 0 Å². The standard InChI is InChI=1S/C19H16F2N2O3/c20-14-2-3-15(16(21)10-14)19(26)22-7-5-18(25)13-1-4-17-12(9-13)6-8-23(17)11-24/h1-4,9-11H,5-8H2,(H,22,26). The number of fused-ring (bicyclic) bond motifs is 1. The van der Waals surface area contributed by atoms with E-state index in [1.54, 1.807) is 23.1 Å². The van der Waals surface area contributed by atoms with Crippen LogP contribution in [-0.4, -0.2) is 31.2 Å². The van der Waals surface area contributed by atoms with Crippen LogP contribution in [0.4, 0.5) is 14.5 Å². The predicted octanol–water partition coefficient (Wildman–Crippen LogP) is 2.49. The van der Waals surface area contributed by atoms with Crippen LogP contribution >= 0.6 is 0 Å². The molecule has 5 nitrogen and oxygen atoms in total. The van der Waals surface area contributed by atoms with Crippen molar-refractivity contribution in [2.45, 2.75) is 12.8 Å². The van der Waals surface area contributed by atoms with Gasteiger partial charge in [-0.15, -0.1) is 0 Å². The molecule has 0 aromatic heterocycles. The highest BCUT2D eigenvalue weighted by Crippen LogP contribution is 2.27. The summed E-state index contributed by atoms with van der Waals surface area (Å²) < 4.78 is 26.4. The summed E-state index contributed by atoms with van der Waals surface area (Å²) in [5.74, 6) is -2.59. The second-order valence-corrected chi connectivity index (χ2v) is 5.95. The summed E-state index contributed by atoms with van der Waals surface area (Å²) in [5, 5.41) is 2.45. The molecule has 0 saturated heterocycles. The first-order chi connectivity index (χ1) is 12.5. The SMILES string of the molecule is O=CN1CCc2cc(C(=O)CCNC(=O)c3ccc(F)cc3F)ccc21. The molecule has 1 aliphatic rings. The van der Waals surface area contributed by atoms with Crippen LogP contribution in [0.5, 0.6) is 0 Å². The lowest BCUT2D eigenvalue weighted by Crippen LogP contribution is -2.27. The zero-order valence-electron chi connectivity index (χ0n) is 13.8. The fourth-order valence-electron chi connectivity index (χ4n) is 2.91. The number of nitrogens with one attached hydrogen (secondary N) is 1. The number of hydrogen-bond donors (Lipinski definition) is 1. The van der Waals surface area contributed by atoms with E-state index in [0.29, 0.717) is 24.6 Å². The van der Waals surface area contributed by atoms with Gasteiger partial charge in [-0.3, -0.25) is 14.4 Å². The van der Waals surface area contributed by atoms with E-state index < -0.39 is 17.5 Å². The zero-order chi connectivity index (χ0) is 18.7. The van der Waals surface area contributed by atoms with E-state index >= 15 is 0 Å². The first-order valence-corrected chi connectivity index (χ1v) is 8.11. The van der Waals surface area contributed by atoms with Gasteiger partial charge in [0.15, 0.2) is 5.78 Å². The molecule has 7 heteroatoms. The molecule has 2 aromatic carbocycles. The number of nitrogens with zero attached hydrogens (tertiary/aromatic N) is 1. The molecule has 0 saturated carbocycles. The summed E-state index contributed by atoms with van der Waals surface area (Å²) in [5.41, 5.74) is 1.96. The lowest BCUT2D eigenvalue weighted by Gasteiger charge is -2.10. The molecule has 134 valence electrons. The number of hydrogen-bond acceptors (Lipinski definition) is 3. The lowest BCUT2D eigenvalue weighted by molar-refractivity contribution is -0.107. The van der Waals surface area contributed by atoms with Gasteiger partial charge in [-0.05, 0) is 42.3 Å². The van der Waals surface area contributed by atoms with Crippen molar-refractivity contribution in [2.75, 3.05) is 18.0 Å². The topological polar surface area (TPSA) is 66.5 Å². The van der Waals surface area contributed by atoms with Gasteiger partial charge >= 0.3 is 0 Å². The average Bonchev–Trinajstić information content (AvgIpc) is 3.03. The van der Waals surface area contributed by atoms with E-state index in [0.717, 1.165) is 29.8 Å². The Hall–Kier alpha value is -3.09. The van der Waals surface area contributed by atoms with Crippen LogP contribution in [0.3, 0.4) is 0 Å². The van der Waals surface area contributed by atoms with Gasteiger partial charge in [-0.25, -0.2) is 8.78 Å². The number of carbonyl (C=O) groups is 3. The van der Waals surface area contributed by atoms with Gasteiger partial charge in [0.2, 0.25) is 6.41 Å². The fourth-order valence-corrected chi connectivity index (χ4v) is 2.91. The molecule has 0 aliphatic carbocycles. The van der Waals surface area contributed by atoms with Crippen LogP contribution in [-0.2, 0) is 11.2 Å². The Labute approximate surface area is 148 Å². The van der Waals surface area contributed by atoms with Crippen LogP contribution in [0.15, 0.2) is 36.4 Å². The van der Waals surface area contributed by atoms with E-state index in [1.165, 1.54) is 0 Å². The molecule has 1 heterocycles. The number of benzene rings is 2. The number of carbonyl (C=O) groups excluding carboxylic acids is 3. The van der Waals surface area contributed by atoms with Crippen molar-refractivity contribution in [3.8, 4) is 0 Å². The molecule has 0 radical (unpaired) electrons. The highest BCUT2D eigenvalue weighted by molar-refractivity contribution is 5.98. The van der Waals surface area contributed by atoms with Crippen molar-refractivity contribution < 1.29 is 23.2 Å². The monoisotopic (exact) mass is 358 g/mol. The highest BCUT2D eigenvalue weighted by atomic mass is 19.1. The van der Waals surface area contributed by atoms with Crippen molar-refractivity contribution in [3.63, 3.8) is 0 Å². The maximum absolute atomic E-state index is 13.5. The van der Waals surface area contributed by atoms with Gasteiger partial charge < -0.3 is 10.2 Å². The normalized spacial score (nSPS) is 12.6. The number of amides is 2. The van der Waals surface area contributed by atoms with E-state index in [9.17, 15) is 23.2 Å². The molecule has 1 N–H and O–H groups in total. The highest BCUT2D eigenvalue weighted by Gasteiger charge is 2.20. The van der Waals surface area contributed by atoms with Crippen LogP contribution in [0.2, 0.25) is 0 Å². The Morgan fingerprint density at radius 2 is 1.96 bits per heavy atom. The van der Waals surface area contributed by atoms with Crippen LogP contribution in [0.25, 0.3) is 0 Å². The molecule has 0 spiro atoms. The van der Waals surface area contributed by atoms with E-state index in [4.69, 9.17) is 0 Å². The summed E-state index contributed by atoms with van der Waals surface area (Å²) >= 11 is 0. The summed E-state index contributed by atoms with van der Waals surface area (Å²) in [7, 11) is 0. The predicted molar refractivity (Wildman–Crippen MR) is 91.2 cm³/mol. The van der Waals surface area contributed by atoms with Gasteiger partial charge in [-0.1, -0.05) is 0 Å². The van der Waals surface area contributed by atoms with Crippen LogP contribution in [0.1, 0.15) is 32.7 Å². The third kappa shape index (κ3) is 3.61. The lowest BCUT2D eigenvalue weighted by atomic mass is 10.0. The number of Topliss-reactive ketones (excluding diaryl/α,β-unsaturated/α-hetero) is 1. The molecule has 26 heavy (non-hydrogen) atoms. The average molecular weight is 358 g/mol. The van der Waals surface area contributed by atoms with Crippen LogP contribution in [0, 0.1) is 11.6 Å². The molecular weight excluding hydrogens is 342 g/mol. The Kier molecular flexibility index (Phi) is 5.06. The Balaban J connectivity index is 1.58. The Morgan fingerprint density at radius 1 is 1.15 bits per heavy atom. The second-order valence-electron chi connectivity index (χ2n) is 5.95. The maximum atomic E-state index is 13.5. The van der Waals surface area contributed by atoms with Gasteiger partial charge in [0, 0.05) is 36.8 Å². The summed E-state index contributed by atoms with van der Waals surface area (Å²) in [6.45, 7) is 0.627. The van der Waals surface area contributed by atoms with Crippen molar-refractivity contribution in [1.29, 1.82) is 0 Å². The molecule has 0 unspecified atom stereocenters. The van der Waals surface area contributed by atoms with Gasteiger partial charge in [0.25, 0.3) is 5.91 Å². The third-order valence-corrected chi connectivity index (χ3v) is 4.27. The summed E-state index contributed by atoms with van der Waals surface area (Å²) in [4.78, 5) is 36.7. The first kappa shape index (κ1) is 17.7. The molecule has 2 amide bonds. The van der Waals surface area contributed by atoms with Crippen molar-refractivity contribution >= 4 is 23.8 Å². The van der Waals surface area contributed by atoms with Crippen LogP contribution < -0.4 is 10.2 Å². The minimum atomic E-state index is -0.952. The third-order valence-electron chi connectivity index (χ3n) is 4.27. The Morgan fingerprint density at radius 3 is 2.69 bits per heavy atom. The van der Waals surface area contributed by atoms with Gasteiger partial charge in [0.05, 0.1) is 5.56 Å². The summed E-state index contributed by atoms with van der Waals surface area (Å²) in [6, 6.07) is 7.81. The van der Waals surface area contributed by atoms with Crippen molar-refractivity contribution in [2.24, 2.45) is 0 Å². The molecule has 0 fully saturated rings. The minimum Gasteiger partial charge on any atom is -0.351 e. The Bertz CT molecular complexity index is 883. The molecule has 2 aromatic rings. The molecule has 3 rings (SSSR count). The quantitative estimate of drug-likeness (QED) is 0.637. The fraction of sp³-hybridized carbons (Fsp3) is 0.211. The van der Waals surface area contributed by atoms with Gasteiger partial charge in [0.1, 0.15) is 11.6 Å². The number of halogens is 2. The van der Waals surface area contributed by atoms with Crippen molar-refractivity contribution in [3.05, 3.63) is 64.7 Å². The molecular formula is C19H16F2N2O3. The summed E-state index contributed by atoms with van der Waals surface area (Å²) in [6.07, 6.45) is 1.50. The van der Waals surface area contributed by atoms with E-state index in [2.05, 4.69) is 5.32 Å². The largest absolute Gasteiger partial charge is 0.351 e. The zero-order valence-corrected chi connectivity index (χ0v) is 13.8. The maximum Gasteiger partial charge on any atom is 0.254 e. The van der Waals surface area contributed by atoms with E-state index in [1.807, 2.05) is 0 Å². The van der Waals surface area contributed by atoms with Crippen molar-refractivity contribution in [1.82, 2.24) is 5.32 Å². The second kappa shape index (κ2) is 7.43.